The summed E-state index contributed by atoms with van der Waals surface area (Å²) in [6, 6.07) is 4.58. The Morgan fingerprint density at radius 2 is 2.12 bits per heavy atom. The molecule has 4 heteroatoms. The summed E-state index contributed by atoms with van der Waals surface area (Å²) in [5.74, 6) is 1.99. The summed E-state index contributed by atoms with van der Waals surface area (Å²) in [7, 11) is 0. The molecule has 0 amide bonds. The highest BCUT2D eigenvalue weighted by Crippen LogP contribution is 2.06. The maximum Gasteiger partial charge on any atom is 0.117 e. The standard InChI is InChI=1S/C13H22N2O2/c1-11(15-5-7-16-8-6-15)9-14-10-13-4-3-12(2)17-13/h3-4,11,14H,5-10H2,1-2H3. The fourth-order valence-corrected chi connectivity index (χ4v) is 2.13. The van der Waals surface area contributed by atoms with E-state index in [1.54, 1.807) is 0 Å². The van der Waals surface area contributed by atoms with Crippen molar-refractivity contribution in [2.24, 2.45) is 0 Å². The fraction of sp³-hybridized carbons (Fsp3) is 0.692. The van der Waals surface area contributed by atoms with Crippen molar-refractivity contribution in [2.45, 2.75) is 26.4 Å². The summed E-state index contributed by atoms with van der Waals surface area (Å²) in [5.41, 5.74) is 0. The molecule has 1 aromatic rings. The van der Waals surface area contributed by atoms with Crippen molar-refractivity contribution in [3.63, 3.8) is 0 Å². The molecular weight excluding hydrogens is 216 g/mol. The van der Waals surface area contributed by atoms with Crippen LogP contribution >= 0.6 is 0 Å². The number of ether oxygens (including phenoxy) is 1. The third-order valence-electron chi connectivity index (χ3n) is 3.20. The Morgan fingerprint density at radius 3 is 2.76 bits per heavy atom. The van der Waals surface area contributed by atoms with Crippen LogP contribution in [0.2, 0.25) is 0 Å². The molecule has 96 valence electrons. The Balaban J connectivity index is 1.67. The SMILES string of the molecule is Cc1ccc(CNCC(C)N2CCOCC2)o1. The van der Waals surface area contributed by atoms with Crippen LogP contribution in [0.5, 0.6) is 0 Å². The first kappa shape index (κ1) is 12.6. The first-order valence-electron chi connectivity index (χ1n) is 6.33. The van der Waals surface area contributed by atoms with Crippen LogP contribution in [0.15, 0.2) is 16.5 Å². The number of nitrogens with zero attached hydrogens (tertiary/aromatic N) is 1. The third kappa shape index (κ3) is 3.84. The van der Waals surface area contributed by atoms with Gasteiger partial charge in [0.25, 0.3) is 0 Å². The number of hydrogen-bond donors (Lipinski definition) is 1. The highest BCUT2D eigenvalue weighted by Gasteiger charge is 2.16. The van der Waals surface area contributed by atoms with E-state index < -0.39 is 0 Å². The van der Waals surface area contributed by atoms with E-state index >= 15 is 0 Å². The van der Waals surface area contributed by atoms with E-state index in [-0.39, 0.29) is 0 Å². The quantitative estimate of drug-likeness (QED) is 0.841. The number of rotatable bonds is 5. The smallest absolute Gasteiger partial charge is 0.117 e. The van der Waals surface area contributed by atoms with Crippen molar-refractivity contribution in [1.29, 1.82) is 0 Å². The molecule has 2 heterocycles. The molecule has 0 saturated carbocycles. The van der Waals surface area contributed by atoms with Crippen LogP contribution in [0, 0.1) is 6.92 Å². The van der Waals surface area contributed by atoms with Crippen molar-refractivity contribution >= 4 is 0 Å². The zero-order valence-corrected chi connectivity index (χ0v) is 10.7. The Morgan fingerprint density at radius 1 is 1.35 bits per heavy atom. The van der Waals surface area contributed by atoms with Crippen molar-refractivity contribution in [3.05, 3.63) is 23.7 Å². The van der Waals surface area contributed by atoms with Gasteiger partial charge in [-0.1, -0.05) is 0 Å². The van der Waals surface area contributed by atoms with Gasteiger partial charge < -0.3 is 14.5 Å². The minimum atomic E-state index is 0.551. The van der Waals surface area contributed by atoms with Gasteiger partial charge in [-0.15, -0.1) is 0 Å². The number of nitrogens with one attached hydrogen (secondary N) is 1. The first-order valence-corrected chi connectivity index (χ1v) is 6.33. The molecule has 0 aromatic carbocycles. The zero-order chi connectivity index (χ0) is 12.1. The van der Waals surface area contributed by atoms with Crippen LogP contribution in [0.25, 0.3) is 0 Å². The predicted molar refractivity (Wildman–Crippen MR) is 67.0 cm³/mol. The summed E-state index contributed by atoms with van der Waals surface area (Å²) < 4.78 is 10.9. The summed E-state index contributed by atoms with van der Waals surface area (Å²) in [5, 5.41) is 3.44. The van der Waals surface area contributed by atoms with Gasteiger partial charge >= 0.3 is 0 Å². The molecular formula is C13H22N2O2. The topological polar surface area (TPSA) is 37.6 Å². The van der Waals surface area contributed by atoms with E-state index in [1.807, 2.05) is 19.1 Å². The number of aryl methyl sites for hydroxylation is 1. The van der Waals surface area contributed by atoms with Crippen molar-refractivity contribution in [3.8, 4) is 0 Å². The monoisotopic (exact) mass is 238 g/mol. The normalized spacial score (nSPS) is 19.4. The second-order valence-corrected chi connectivity index (χ2v) is 4.64. The van der Waals surface area contributed by atoms with E-state index in [2.05, 4.69) is 17.1 Å². The average molecular weight is 238 g/mol. The molecule has 1 N–H and O–H groups in total. The Hall–Kier alpha value is -0.840. The molecule has 0 bridgehead atoms. The minimum absolute atomic E-state index is 0.551. The number of hydrogen-bond acceptors (Lipinski definition) is 4. The van der Waals surface area contributed by atoms with Gasteiger partial charge in [-0.2, -0.15) is 0 Å². The molecule has 17 heavy (non-hydrogen) atoms. The minimum Gasteiger partial charge on any atom is -0.465 e. The van der Waals surface area contributed by atoms with Gasteiger partial charge in [0.15, 0.2) is 0 Å². The molecule has 2 rings (SSSR count). The Kier molecular flexibility index (Phi) is 4.59. The van der Waals surface area contributed by atoms with Gasteiger partial charge in [-0.25, -0.2) is 0 Å². The van der Waals surface area contributed by atoms with E-state index in [9.17, 15) is 0 Å². The zero-order valence-electron chi connectivity index (χ0n) is 10.7. The molecule has 0 aliphatic carbocycles. The number of morpholine rings is 1. The molecule has 1 unspecified atom stereocenters. The van der Waals surface area contributed by atoms with Gasteiger partial charge in [0.2, 0.25) is 0 Å². The molecule has 1 aliphatic heterocycles. The van der Waals surface area contributed by atoms with Crippen LogP contribution in [0.4, 0.5) is 0 Å². The molecule has 4 nitrogen and oxygen atoms in total. The maximum atomic E-state index is 5.51. The summed E-state index contributed by atoms with van der Waals surface area (Å²) >= 11 is 0. The summed E-state index contributed by atoms with van der Waals surface area (Å²) in [6.07, 6.45) is 0. The highest BCUT2D eigenvalue weighted by molar-refractivity contribution is 5.05. The lowest BCUT2D eigenvalue weighted by molar-refractivity contribution is 0.0203. The molecule has 1 atom stereocenters. The molecule has 0 spiro atoms. The van der Waals surface area contributed by atoms with Crippen molar-refractivity contribution < 1.29 is 9.15 Å². The number of furan rings is 1. The fourth-order valence-electron chi connectivity index (χ4n) is 2.13. The van der Waals surface area contributed by atoms with Crippen LogP contribution < -0.4 is 5.32 Å². The van der Waals surface area contributed by atoms with Gasteiger partial charge in [0.1, 0.15) is 11.5 Å². The van der Waals surface area contributed by atoms with E-state index in [4.69, 9.17) is 9.15 Å². The molecule has 1 fully saturated rings. The van der Waals surface area contributed by atoms with E-state index in [0.29, 0.717) is 6.04 Å². The van der Waals surface area contributed by atoms with Crippen LogP contribution in [0.1, 0.15) is 18.4 Å². The molecule has 1 aliphatic rings. The first-order chi connectivity index (χ1) is 8.25. The summed E-state index contributed by atoms with van der Waals surface area (Å²) in [4.78, 5) is 2.46. The highest BCUT2D eigenvalue weighted by atomic mass is 16.5. The molecule has 0 radical (unpaired) electrons. The molecule has 1 aromatic heterocycles. The second kappa shape index (κ2) is 6.19. The lowest BCUT2D eigenvalue weighted by Crippen LogP contribution is -2.46. The second-order valence-electron chi connectivity index (χ2n) is 4.64. The van der Waals surface area contributed by atoms with Gasteiger partial charge in [0.05, 0.1) is 19.8 Å². The van der Waals surface area contributed by atoms with Crippen molar-refractivity contribution in [1.82, 2.24) is 10.2 Å². The van der Waals surface area contributed by atoms with E-state index in [0.717, 1.165) is 50.9 Å². The van der Waals surface area contributed by atoms with Crippen LogP contribution in [-0.4, -0.2) is 43.8 Å². The lowest BCUT2D eigenvalue weighted by atomic mass is 10.2. The molecule has 1 saturated heterocycles. The summed E-state index contributed by atoms with van der Waals surface area (Å²) in [6.45, 7) is 9.84. The average Bonchev–Trinajstić information content (AvgIpc) is 2.76. The van der Waals surface area contributed by atoms with Gasteiger partial charge in [0, 0.05) is 25.7 Å². The van der Waals surface area contributed by atoms with E-state index in [1.165, 1.54) is 0 Å². The Labute approximate surface area is 103 Å². The maximum absolute atomic E-state index is 5.51. The van der Waals surface area contributed by atoms with Gasteiger partial charge in [-0.05, 0) is 26.0 Å². The van der Waals surface area contributed by atoms with Crippen LogP contribution in [0.3, 0.4) is 0 Å². The van der Waals surface area contributed by atoms with Gasteiger partial charge in [-0.3, -0.25) is 4.90 Å². The van der Waals surface area contributed by atoms with Crippen LogP contribution in [-0.2, 0) is 11.3 Å². The largest absolute Gasteiger partial charge is 0.465 e. The third-order valence-corrected chi connectivity index (χ3v) is 3.20. The lowest BCUT2D eigenvalue weighted by Gasteiger charge is -2.32. The Bertz CT molecular complexity index is 332. The van der Waals surface area contributed by atoms with Crippen molar-refractivity contribution in [2.75, 3.05) is 32.8 Å². The predicted octanol–water partition coefficient (Wildman–Crippen LogP) is 1.40.